The van der Waals surface area contributed by atoms with E-state index in [-0.39, 0.29) is 17.8 Å². The molecule has 4 nitrogen and oxygen atoms in total. The lowest BCUT2D eigenvalue weighted by molar-refractivity contribution is 0.0950. The van der Waals surface area contributed by atoms with Crippen LogP contribution < -0.4 is 5.32 Å². The number of amides is 1. The van der Waals surface area contributed by atoms with Crippen LogP contribution in [-0.2, 0) is 6.54 Å². The van der Waals surface area contributed by atoms with Crippen molar-refractivity contribution < 1.29 is 9.18 Å². The number of hydrogen-bond donors (Lipinski definition) is 1. The van der Waals surface area contributed by atoms with Crippen molar-refractivity contribution in [3.05, 3.63) is 89.4 Å². The van der Waals surface area contributed by atoms with E-state index in [1.54, 1.807) is 13.0 Å². The van der Waals surface area contributed by atoms with Crippen molar-refractivity contribution >= 4 is 16.8 Å². The smallest absolute Gasteiger partial charge is 0.251 e. The second kappa shape index (κ2) is 7.41. The summed E-state index contributed by atoms with van der Waals surface area (Å²) in [4.78, 5) is 12.4. The van der Waals surface area contributed by atoms with Crippen molar-refractivity contribution in [3.63, 3.8) is 0 Å². The Bertz CT molecular complexity index is 1240. The highest BCUT2D eigenvalue weighted by Gasteiger charge is 2.24. The summed E-state index contributed by atoms with van der Waals surface area (Å²) in [6, 6.07) is 19.5. The molecule has 5 heteroatoms. The van der Waals surface area contributed by atoms with Gasteiger partial charge >= 0.3 is 0 Å². The molecule has 5 rings (SSSR count). The number of carbonyl (C=O) groups is 1. The van der Waals surface area contributed by atoms with Gasteiger partial charge in [0.1, 0.15) is 5.82 Å². The molecular weight excluding hydrogens is 377 g/mol. The van der Waals surface area contributed by atoms with Gasteiger partial charge in [-0.2, -0.15) is 5.10 Å². The largest absolute Gasteiger partial charge is 0.349 e. The maximum atomic E-state index is 14.6. The minimum absolute atomic E-state index is 0.214. The van der Waals surface area contributed by atoms with Crippen molar-refractivity contribution in [3.8, 4) is 11.1 Å². The van der Waals surface area contributed by atoms with Crippen LogP contribution in [0.15, 0.2) is 66.9 Å². The fourth-order valence-corrected chi connectivity index (χ4v) is 3.74. The standard InChI is InChI=1S/C25H22FN3O/c1-16-22(12-19(13-23(16)26)25(30)28-21-8-9-21)18-7-10-24-20(11-18)14-27-29(24)15-17-5-3-2-4-6-17/h2-7,10-14,21H,8-9,15H2,1H3,(H,28,30). The van der Waals surface area contributed by atoms with Crippen molar-refractivity contribution in [1.29, 1.82) is 0 Å². The zero-order valence-corrected chi connectivity index (χ0v) is 16.7. The molecule has 0 radical (unpaired) electrons. The molecule has 0 atom stereocenters. The molecule has 0 aliphatic heterocycles. The first-order chi connectivity index (χ1) is 14.6. The molecule has 0 unspecified atom stereocenters. The molecule has 0 bridgehead atoms. The Hall–Kier alpha value is -3.47. The number of nitrogens with one attached hydrogen (secondary N) is 1. The van der Waals surface area contributed by atoms with Gasteiger partial charge in [0.15, 0.2) is 0 Å². The van der Waals surface area contributed by atoms with E-state index < -0.39 is 0 Å². The predicted octanol–water partition coefficient (Wildman–Crippen LogP) is 5.09. The van der Waals surface area contributed by atoms with Gasteiger partial charge in [-0.3, -0.25) is 9.48 Å². The average Bonchev–Trinajstić information content (AvgIpc) is 3.49. The Morgan fingerprint density at radius 2 is 1.93 bits per heavy atom. The van der Waals surface area contributed by atoms with Gasteiger partial charge in [0.05, 0.1) is 18.3 Å². The van der Waals surface area contributed by atoms with Crippen LogP contribution in [-0.4, -0.2) is 21.7 Å². The molecule has 1 aromatic heterocycles. The molecule has 30 heavy (non-hydrogen) atoms. The van der Waals surface area contributed by atoms with Crippen LogP contribution in [0.5, 0.6) is 0 Å². The molecule has 1 N–H and O–H groups in total. The summed E-state index contributed by atoms with van der Waals surface area (Å²) in [5.74, 6) is -0.581. The molecule has 150 valence electrons. The van der Waals surface area contributed by atoms with Crippen molar-refractivity contribution in [1.82, 2.24) is 15.1 Å². The van der Waals surface area contributed by atoms with Crippen molar-refractivity contribution in [2.24, 2.45) is 0 Å². The van der Waals surface area contributed by atoms with E-state index in [1.807, 2.05) is 47.3 Å². The van der Waals surface area contributed by atoms with E-state index in [4.69, 9.17) is 0 Å². The van der Waals surface area contributed by atoms with E-state index in [1.165, 1.54) is 11.6 Å². The van der Waals surface area contributed by atoms with Gasteiger partial charge in [0.2, 0.25) is 0 Å². The normalized spacial score (nSPS) is 13.5. The highest BCUT2D eigenvalue weighted by molar-refractivity contribution is 5.96. The maximum absolute atomic E-state index is 14.6. The van der Waals surface area contributed by atoms with Gasteiger partial charge < -0.3 is 5.32 Å². The zero-order valence-electron chi connectivity index (χ0n) is 16.7. The molecule has 1 saturated carbocycles. The predicted molar refractivity (Wildman–Crippen MR) is 116 cm³/mol. The highest BCUT2D eigenvalue weighted by Crippen LogP contribution is 2.30. The SMILES string of the molecule is Cc1c(F)cc(C(=O)NC2CC2)cc1-c1ccc2c(cnn2Cc2ccccc2)c1. The third-order valence-electron chi connectivity index (χ3n) is 5.65. The number of rotatable bonds is 5. The Kier molecular flexibility index (Phi) is 4.58. The molecule has 1 heterocycles. The van der Waals surface area contributed by atoms with Crippen molar-refractivity contribution in [2.45, 2.75) is 32.4 Å². The van der Waals surface area contributed by atoms with Gasteiger partial charge in [0.25, 0.3) is 5.91 Å². The topological polar surface area (TPSA) is 46.9 Å². The second-order valence-electron chi connectivity index (χ2n) is 7.94. The summed E-state index contributed by atoms with van der Waals surface area (Å²) in [6.07, 6.45) is 3.82. The summed E-state index contributed by atoms with van der Waals surface area (Å²) in [7, 11) is 0. The number of nitrogens with zero attached hydrogens (tertiary/aromatic N) is 2. The zero-order chi connectivity index (χ0) is 20.7. The Morgan fingerprint density at radius 1 is 1.13 bits per heavy atom. The minimum atomic E-state index is -0.367. The van der Waals surface area contributed by atoms with Gasteiger partial charge in [-0.05, 0) is 66.3 Å². The molecule has 0 spiro atoms. The maximum Gasteiger partial charge on any atom is 0.251 e. The summed E-state index contributed by atoms with van der Waals surface area (Å²) in [6.45, 7) is 2.43. The Balaban J connectivity index is 1.50. The van der Waals surface area contributed by atoms with Gasteiger partial charge in [0, 0.05) is 17.0 Å². The van der Waals surface area contributed by atoms with Crippen LogP contribution in [0.3, 0.4) is 0 Å². The lowest BCUT2D eigenvalue weighted by Crippen LogP contribution is -2.25. The Morgan fingerprint density at radius 3 is 2.70 bits per heavy atom. The monoisotopic (exact) mass is 399 g/mol. The van der Waals surface area contributed by atoms with Crippen LogP contribution >= 0.6 is 0 Å². The van der Waals surface area contributed by atoms with E-state index in [9.17, 15) is 9.18 Å². The van der Waals surface area contributed by atoms with Gasteiger partial charge in [-0.15, -0.1) is 0 Å². The summed E-state index contributed by atoms with van der Waals surface area (Å²) in [5, 5.41) is 8.44. The van der Waals surface area contributed by atoms with Crippen LogP contribution in [0.25, 0.3) is 22.0 Å². The second-order valence-corrected chi connectivity index (χ2v) is 7.94. The van der Waals surface area contributed by atoms with Crippen LogP contribution in [0, 0.1) is 12.7 Å². The number of aromatic nitrogens is 2. The summed E-state index contributed by atoms with van der Waals surface area (Å²) >= 11 is 0. The van der Waals surface area contributed by atoms with Gasteiger partial charge in [-0.25, -0.2) is 4.39 Å². The van der Waals surface area contributed by atoms with E-state index >= 15 is 0 Å². The minimum Gasteiger partial charge on any atom is -0.349 e. The number of fused-ring (bicyclic) bond motifs is 1. The molecule has 1 aliphatic rings. The quantitative estimate of drug-likeness (QED) is 0.508. The van der Waals surface area contributed by atoms with Crippen LogP contribution in [0.1, 0.15) is 34.3 Å². The average molecular weight is 399 g/mol. The number of hydrogen-bond acceptors (Lipinski definition) is 2. The fourth-order valence-electron chi connectivity index (χ4n) is 3.74. The lowest BCUT2D eigenvalue weighted by Gasteiger charge is -2.11. The first-order valence-electron chi connectivity index (χ1n) is 10.2. The number of carbonyl (C=O) groups excluding carboxylic acids is 1. The van der Waals surface area contributed by atoms with Gasteiger partial charge in [-0.1, -0.05) is 36.4 Å². The fraction of sp³-hybridized carbons (Fsp3) is 0.200. The summed E-state index contributed by atoms with van der Waals surface area (Å²) in [5.41, 5.74) is 4.70. The third kappa shape index (κ3) is 3.59. The Labute approximate surface area is 174 Å². The van der Waals surface area contributed by atoms with Crippen LogP contribution in [0.2, 0.25) is 0 Å². The van der Waals surface area contributed by atoms with Crippen molar-refractivity contribution in [2.75, 3.05) is 0 Å². The highest BCUT2D eigenvalue weighted by atomic mass is 19.1. The molecular formula is C25H22FN3O. The lowest BCUT2D eigenvalue weighted by atomic mass is 9.96. The molecule has 4 aromatic rings. The molecule has 3 aromatic carbocycles. The number of halogens is 1. The molecule has 0 saturated heterocycles. The molecule has 1 fully saturated rings. The molecule has 1 aliphatic carbocycles. The first kappa shape index (κ1) is 18.6. The van der Waals surface area contributed by atoms with Crippen LogP contribution in [0.4, 0.5) is 4.39 Å². The number of benzene rings is 3. The van der Waals surface area contributed by atoms with E-state index in [2.05, 4.69) is 22.5 Å². The van der Waals surface area contributed by atoms with E-state index in [0.717, 1.165) is 34.9 Å². The molecule has 1 amide bonds. The first-order valence-corrected chi connectivity index (χ1v) is 10.2. The third-order valence-corrected chi connectivity index (χ3v) is 5.65. The van der Waals surface area contributed by atoms with E-state index in [0.29, 0.717) is 17.7 Å². The summed E-state index contributed by atoms with van der Waals surface area (Å²) < 4.78 is 16.6.